The molecule has 0 radical (unpaired) electrons. The summed E-state index contributed by atoms with van der Waals surface area (Å²) >= 11 is 7.67. The van der Waals surface area contributed by atoms with Crippen LogP contribution in [0.15, 0.2) is 48.5 Å². The second-order valence-corrected chi connectivity index (χ2v) is 7.74. The summed E-state index contributed by atoms with van der Waals surface area (Å²) in [6.45, 7) is 4.28. The van der Waals surface area contributed by atoms with E-state index in [1.54, 1.807) is 11.8 Å². The highest BCUT2D eigenvalue weighted by Crippen LogP contribution is 2.21. The van der Waals surface area contributed by atoms with Crippen LogP contribution in [-0.4, -0.2) is 21.1 Å². The molecule has 0 spiro atoms. The highest BCUT2D eigenvalue weighted by Gasteiger charge is 2.15. The van der Waals surface area contributed by atoms with Crippen LogP contribution in [-0.2, 0) is 17.1 Å². The highest BCUT2D eigenvalue weighted by atomic mass is 35.5. The molecule has 0 aliphatic heterocycles. The van der Waals surface area contributed by atoms with Gasteiger partial charge in [0.2, 0.25) is 5.91 Å². The van der Waals surface area contributed by atoms with Gasteiger partial charge >= 0.3 is 0 Å². The third-order valence-electron chi connectivity index (χ3n) is 4.09. The Balaban J connectivity index is 1.58. The SMILES string of the molecule is Cc1nc2ccccc2nc1CS[C@H](C)C(=O)NCc1ccccc1Cl. The summed E-state index contributed by atoms with van der Waals surface area (Å²) in [4.78, 5) is 21.6. The molecule has 1 heterocycles. The number of fused-ring (bicyclic) bond motifs is 1. The number of halogens is 1. The van der Waals surface area contributed by atoms with Crippen molar-refractivity contribution < 1.29 is 4.79 Å². The summed E-state index contributed by atoms with van der Waals surface area (Å²) in [5.41, 5.74) is 4.50. The van der Waals surface area contributed by atoms with E-state index in [0.29, 0.717) is 17.3 Å². The van der Waals surface area contributed by atoms with Crippen molar-refractivity contribution in [3.8, 4) is 0 Å². The monoisotopic (exact) mass is 385 g/mol. The number of benzene rings is 2. The summed E-state index contributed by atoms with van der Waals surface area (Å²) in [6.07, 6.45) is 0. The van der Waals surface area contributed by atoms with Crippen molar-refractivity contribution in [1.82, 2.24) is 15.3 Å². The molecule has 1 amide bonds. The first-order valence-electron chi connectivity index (χ1n) is 8.39. The number of aromatic nitrogens is 2. The molecule has 26 heavy (non-hydrogen) atoms. The maximum Gasteiger partial charge on any atom is 0.233 e. The van der Waals surface area contributed by atoms with Gasteiger partial charge in [-0.2, -0.15) is 0 Å². The second-order valence-electron chi connectivity index (χ2n) is 6.01. The van der Waals surface area contributed by atoms with Crippen LogP contribution >= 0.6 is 23.4 Å². The summed E-state index contributed by atoms with van der Waals surface area (Å²) in [5.74, 6) is 0.631. The first-order chi connectivity index (χ1) is 12.5. The zero-order chi connectivity index (χ0) is 18.5. The molecule has 0 fully saturated rings. The van der Waals surface area contributed by atoms with Gasteiger partial charge in [0.15, 0.2) is 0 Å². The fourth-order valence-electron chi connectivity index (χ4n) is 2.51. The first-order valence-corrected chi connectivity index (χ1v) is 9.82. The first kappa shape index (κ1) is 18.7. The van der Waals surface area contributed by atoms with E-state index in [-0.39, 0.29) is 11.2 Å². The smallest absolute Gasteiger partial charge is 0.233 e. The number of hydrogen-bond acceptors (Lipinski definition) is 4. The number of aryl methyl sites for hydroxylation is 1. The Hall–Kier alpha value is -2.11. The Bertz CT molecular complexity index is 932. The van der Waals surface area contributed by atoms with Crippen LogP contribution in [0, 0.1) is 6.92 Å². The van der Waals surface area contributed by atoms with Gasteiger partial charge < -0.3 is 5.32 Å². The third kappa shape index (κ3) is 4.54. The van der Waals surface area contributed by atoms with Crippen molar-refractivity contribution >= 4 is 40.3 Å². The zero-order valence-electron chi connectivity index (χ0n) is 14.7. The molecule has 0 aliphatic carbocycles. The van der Waals surface area contributed by atoms with Gasteiger partial charge in [-0.3, -0.25) is 4.79 Å². The van der Waals surface area contributed by atoms with Crippen LogP contribution < -0.4 is 5.32 Å². The maximum atomic E-state index is 12.3. The van der Waals surface area contributed by atoms with Crippen LogP contribution in [0.25, 0.3) is 11.0 Å². The Morgan fingerprint density at radius 1 is 1.12 bits per heavy atom. The second kappa shape index (κ2) is 8.52. The predicted octanol–water partition coefficient (Wildman–Crippen LogP) is 4.53. The maximum absolute atomic E-state index is 12.3. The molecule has 6 heteroatoms. The van der Waals surface area contributed by atoms with Crippen molar-refractivity contribution in [2.75, 3.05) is 0 Å². The molecule has 0 saturated carbocycles. The molecule has 0 bridgehead atoms. The number of carbonyl (C=O) groups is 1. The van der Waals surface area contributed by atoms with Crippen LogP contribution in [0.3, 0.4) is 0 Å². The van der Waals surface area contributed by atoms with Crippen molar-refractivity contribution in [1.29, 1.82) is 0 Å². The van der Waals surface area contributed by atoms with E-state index in [2.05, 4.69) is 15.3 Å². The van der Waals surface area contributed by atoms with Gasteiger partial charge in [0.25, 0.3) is 0 Å². The number of rotatable bonds is 6. The molecule has 2 aromatic carbocycles. The molecule has 1 aromatic heterocycles. The summed E-state index contributed by atoms with van der Waals surface area (Å²) in [5, 5.41) is 3.41. The molecule has 0 aliphatic rings. The van der Waals surface area contributed by atoms with Gasteiger partial charge in [-0.15, -0.1) is 11.8 Å². The molecule has 0 unspecified atom stereocenters. The van der Waals surface area contributed by atoms with Crippen LogP contribution in [0.5, 0.6) is 0 Å². The van der Waals surface area contributed by atoms with Crippen molar-refractivity contribution in [2.24, 2.45) is 0 Å². The van der Waals surface area contributed by atoms with E-state index < -0.39 is 0 Å². The largest absolute Gasteiger partial charge is 0.351 e. The Morgan fingerprint density at radius 3 is 2.50 bits per heavy atom. The van der Waals surface area contributed by atoms with Crippen LogP contribution in [0.2, 0.25) is 5.02 Å². The summed E-state index contributed by atoms with van der Waals surface area (Å²) in [7, 11) is 0. The lowest BCUT2D eigenvalue weighted by atomic mass is 10.2. The number of para-hydroxylation sites is 2. The number of hydrogen-bond donors (Lipinski definition) is 1. The topological polar surface area (TPSA) is 54.9 Å². The fourth-order valence-corrected chi connectivity index (χ4v) is 3.63. The number of thioether (sulfide) groups is 1. The van der Waals surface area contributed by atoms with Crippen LogP contribution in [0.1, 0.15) is 23.9 Å². The third-order valence-corrected chi connectivity index (χ3v) is 5.62. The normalized spacial score (nSPS) is 12.1. The van der Waals surface area contributed by atoms with Crippen molar-refractivity contribution in [2.45, 2.75) is 31.4 Å². The van der Waals surface area contributed by atoms with Gasteiger partial charge in [-0.05, 0) is 37.6 Å². The molecule has 3 rings (SSSR count). The van der Waals surface area contributed by atoms with Gasteiger partial charge in [-0.1, -0.05) is 41.9 Å². The van der Waals surface area contributed by atoms with E-state index >= 15 is 0 Å². The van der Waals surface area contributed by atoms with Gasteiger partial charge in [0, 0.05) is 17.3 Å². The molecule has 3 aromatic rings. The molecule has 134 valence electrons. The minimum Gasteiger partial charge on any atom is -0.351 e. The molecular weight excluding hydrogens is 366 g/mol. The number of nitrogens with zero attached hydrogens (tertiary/aromatic N) is 2. The van der Waals surface area contributed by atoms with Gasteiger partial charge in [-0.25, -0.2) is 9.97 Å². The molecule has 0 saturated heterocycles. The van der Waals surface area contributed by atoms with Crippen molar-refractivity contribution in [3.05, 3.63) is 70.5 Å². The average molecular weight is 386 g/mol. The van der Waals surface area contributed by atoms with E-state index in [4.69, 9.17) is 11.6 Å². The van der Waals surface area contributed by atoms with E-state index in [9.17, 15) is 4.79 Å². The minimum absolute atomic E-state index is 0.0127. The average Bonchev–Trinajstić information content (AvgIpc) is 2.65. The quantitative estimate of drug-likeness (QED) is 0.677. The van der Waals surface area contributed by atoms with E-state index in [1.807, 2.05) is 62.4 Å². The summed E-state index contributed by atoms with van der Waals surface area (Å²) in [6, 6.07) is 15.3. The highest BCUT2D eigenvalue weighted by molar-refractivity contribution is 7.99. The summed E-state index contributed by atoms with van der Waals surface area (Å²) < 4.78 is 0. The predicted molar refractivity (Wildman–Crippen MR) is 108 cm³/mol. The lowest BCUT2D eigenvalue weighted by molar-refractivity contribution is -0.120. The van der Waals surface area contributed by atoms with Crippen LogP contribution in [0.4, 0.5) is 0 Å². The lowest BCUT2D eigenvalue weighted by Gasteiger charge is -2.13. The number of nitrogens with one attached hydrogen (secondary N) is 1. The Kier molecular flexibility index (Phi) is 6.12. The van der Waals surface area contributed by atoms with Crippen molar-refractivity contribution in [3.63, 3.8) is 0 Å². The fraction of sp³-hybridized carbons (Fsp3) is 0.250. The Labute approximate surface area is 162 Å². The minimum atomic E-state index is -0.190. The zero-order valence-corrected chi connectivity index (χ0v) is 16.3. The molecule has 1 N–H and O–H groups in total. The standard InChI is InChI=1S/C20H20ClN3OS/c1-13-19(24-18-10-6-5-9-17(18)23-13)12-26-14(2)20(25)22-11-15-7-3-4-8-16(15)21/h3-10,14H,11-12H2,1-2H3,(H,22,25)/t14-/m1/s1. The van der Waals surface area contributed by atoms with E-state index in [0.717, 1.165) is 28.0 Å². The molecular formula is C20H20ClN3OS. The van der Waals surface area contributed by atoms with E-state index in [1.165, 1.54) is 0 Å². The lowest BCUT2D eigenvalue weighted by Crippen LogP contribution is -2.30. The Morgan fingerprint density at radius 2 is 1.77 bits per heavy atom. The number of amides is 1. The number of carbonyl (C=O) groups excluding carboxylic acids is 1. The van der Waals surface area contributed by atoms with Gasteiger partial charge in [0.05, 0.1) is 27.7 Å². The molecule has 1 atom stereocenters. The van der Waals surface area contributed by atoms with Gasteiger partial charge in [0.1, 0.15) is 0 Å². The molecule has 4 nitrogen and oxygen atoms in total.